The molecule has 0 saturated heterocycles. The first-order valence-corrected chi connectivity index (χ1v) is 4.67. The number of fused-ring (bicyclic) bond motifs is 1. The summed E-state index contributed by atoms with van der Waals surface area (Å²) >= 11 is 0. The van der Waals surface area contributed by atoms with Crippen molar-refractivity contribution in [2.24, 2.45) is 0 Å². The third kappa shape index (κ3) is 1.51. The molecule has 2 heteroatoms. The maximum absolute atomic E-state index is 3.83. The highest BCUT2D eigenvalue weighted by molar-refractivity contribution is 5.93. The molecule has 0 fully saturated rings. The van der Waals surface area contributed by atoms with Gasteiger partial charge in [-0.05, 0) is 26.0 Å². The van der Waals surface area contributed by atoms with Crippen molar-refractivity contribution in [3.05, 3.63) is 42.2 Å². The van der Waals surface area contributed by atoms with Crippen LogP contribution in [0.3, 0.4) is 0 Å². The average molecular weight is 186 g/mol. The number of aromatic amines is 1. The van der Waals surface area contributed by atoms with Crippen LogP contribution in [0, 0.1) is 6.92 Å². The molecular weight excluding hydrogens is 172 g/mol. The molecule has 0 aliphatic carbocycles. The van der Waals surface area contributed by atoms with Crippen LogP contribution in [0.5, 0.6) is 0 Å². The van der Waals surface area contributed by atoms with E-state index >= 15 is 0 Å². The van der Waals surface area contributed by atoms with Gasteiger partial charge in [0.1, 0.15) is 0 Å². The molecule has 72 valence electrons. The second kappa shape index (κ2) is 3.22. The highest BCUT2D eigenvalue weighted by Gasteiger charge is 2.02. The topological polar surface area (TPSA) is 27.8 Å². The summed E-state index contributed by atoms with van der Waals surface area (Å²) < 4.78 is 0. The maximum atomic E-state index is 3.83. The second-order valence-corrected chi connectivity index (χ2v) is 3.66. The van der Waals surface area contributed by atoms with Gasteiger partial charge in [0.05, 0.1) is 5.69 Å². The summed E-state index contributed by atoms with van der Waals surface area (Å²) in [6.45, 7) is 7.88. The number of rotatable bonds is 2. The van der Waals surface area contributed by atoms with Gasteiger partial charge >= 0.3 is 0 Å². The molecule has 0 atom stereocenters. The number of H-pyrrole nitrogens is 1. The second-order valence-electron chi connectivity index (χ2n) is 3.66. The summed E-state index contributed by atoms with van der Waals surface area (Å²) in [7, 11) is 0. The molecule has 2 aromatic rings. The molecule has 1 aromatic carbocycles. The van der Waals surface area contributed by atoms with Gasteiger partial charge in [-0.1, -0.05) is 18.2 Å². The molecule has 1 heterocycles. The van der Waals surface area contributed by atoms with Crippen LogP contribution in [0.15, 0.2) is 36.7 Å². The molecule has 0 aliphatic rings. The Morgan fingerprint density at radius 2 is 2.21 bits per heavy atom. The summed E-state index contributed by atoms with van der Waals surface area (Å²) in [6.07, 6.45) is 1.97. The van der Waals surface area contributed by atoms with E-state index in [1.807, 2.05) is 13.1 Å². The van der Waals surface area contributed by atoms with E-state index in [-0.39, 0.29) is 0 Å². The van der Waals surface area contributed by atoms with Crippen LogP contribution in [0.25, 0.3) is 10.9 Å². The van der Waals surface area contributed by atoms with Gasteiger partial charge in [-0.2, -0.15) is 0 Å². The first kappa shape index (κ1) is 8.88. The molecule has 0 saturated carbocycles. The van der Waals surface area contributed by atoms with Crippen LogP contribution in [0.1, 0.15) is 12.5 Å². The predicted molar refractivity (Wildman–Crippen MR) is 61.5 cm³/mol. The van der Waals surface area contributed by atoms with Crippen molar-refractivity contribution >= 4 is 16.6 Å². The summed E-state index contributed by atoms with van der Waals surface area (Å²) in [5, 5.41) is 4.44. The number of anilines is 1. The number of benzene rings is 1. The number of hydrogen-bond donors (Lipinski definition) is 2. The van der Waals surface area contributed by atoms with Crippen molar-refractivity contribution in [2.75, 3.05) is 5.32 Å². The lowest BCUT2D eigenvalue weighted by atomic mass is 10.1. The van der Waals surface area contributed by atoms with E-state index < -0.39 is 0 Å². The molecule has 2 rings (SSSR count). The Balaban J connectivity index is 2.55. The number of allylic oxidation sites excluding steroid dienone is 1. The Morgan fingerprint density at radius 3 is 2.93 bits per heavy atom. The van der Waals surface area contributed by atoms with Crippen molar-refractivity contribution in [1.82, 2.24) is 4.98 Å². The molecule has 0 radical (unpaired) electrons. The van der Waals surface area contributed by atoms with Crippen LogP contribution in [0.2, 0.25) is 0 Å². The van der Waals surface area contributed by atoms with E-state index in [1.165, 1.54) is 10.9 Å². The van der Waals surface area contributed by atoms with Gasteiger partial charge in [-0.15, -0.1) is 0 Å². The van der Waals surface area contributed by atoms with Gasteiger partial charge in [0.25, 0.3) is 0 Å². The number of aryl methyl sites for hydroxylation is 1. The third-order valence-electron chi connectivity index (χ3n) is 2.19. The van der Waals surface area contributed by atoms with Crippen LogP contribution >= 0.6 is 0 Å². The number of nitrogens with one attached hydrogen (secondary N) is 2. The third-order valence-corrected chi connectivity index (χ3v) is 2.19. The maximum Gasteiger partial charge on any atom is 0.0639 e. The van der Waals surface area contributed by atoms with Gasteiger partial charge in [0, 0.05) is 22.8 Å². The zero-order valence-electron chi connectivity index (χ0n) is 8.52. The minimum Gasteiger partial charge on any atom is -0.359 e. The average Bonchev–Trinajstić information content (AvgIpc) is 2.47. The predicted octanol–water partition coefficient (Wildman–Crippen LogP) is 3.42. The van der Waals surface area contributed by atoms with Gasteiger partial charge in [0.15, 0.2) is 0 Å². The molecule has 2 N–H and O–H groups in total. The first-order valence-electron chi connectivity index (χ1n) is 4.67. The van der Waals surface area contributed by atoms with Crippen LogP contribution in [-0.4, -0.2) is 4.98 Å². The van der Waals surface area contributed by atoms with E-state index in [9.17, 15) is 0 Å². The Bertz CT molecular complexity index is 480. The van der Waals surface area contributed by atoms with Crippen molar-refractivity contribution in [3.63, 3.8) is 0 Å². The Kier molecular flexibility index (Phi) is 2.04. The monoisotopic (exact) mass is 186 g/mol. The standard InChI is InChI=1S/C12H14N2/c1-8(2)14-12-7-13-11-5-4-9(3)6-10(11)12/h4-7,13-14H,1H2,2-3H3. The fourth-order valence-corrected chi connectivity index (χ4v) is 1.57. The molecule has 0 aliphatic heterocycles. The van der Waals surface area contributed by atoms with Gasteiger partial charge < -0.3 is 10.3 Å². The number of hydrogen-bond acceptors (Lipinski definition) is 1. The Hall–Kier alpha value is -1.70. The summed E-state index contributed by atoms with van der Waals surface area (Å²) in [6, 6.07) is 6.36. The lowest BCUT2D eigenvalue weighted by Crippen LogP contribution is -1.91. The van der Waals surface area contributed by atoms with E-state index in [2.05, 4.69) is 42.0 Å². The van der Waals surface area contributed by atoms with Crippen molar-refractivity contribution < 1.29 is 0 Å². The van der Waals surface area contributed by atoms with Crippen molar-refractivity contribution in [1.29, 1.82) is 0 Å². The van der Waals surface area contributed by atoms with Crippen LogP contribution in [0.4, 0.5) is 5.69 Å². The van der Waals surface area contributed by atoms with Gasteiger partial charge in [-0.25, -0.2) is 0 Å². The minimum atomic E-state index is 0.951. The fourth-order valence-electron chi connectivity index (χ4n) is 1.57. The summed E-state index contributed by atoms with van der Waals surface area (Å²) in [4.78, 5) is 3.22. The number of aromatic nitrogens is 1. The zero-order valence-corrected chi connectivity index (χ0v) is 8.52. The molecule has 1 aromatic heterocycles. The van der Waals surface area contributed by atoms with E-state index in [0.717, 1.165) is 16.9 Å². The van der Waals surface area contributed by atoms with Crippen molar-refractivity contribution in [2.45, 2.75) is 13.8 Å². The molecule has 2 nitrogen and oxygen atoms in total. The molecule has 14 heavy (non-hydrogen) atoms. The normalized spacial score (nSPS) is 10.4. The lowest BCUT2D eigenvalue weighted by Gasteiger charge is -2.02. The lowest BCUT2D eigenvalue weighted by molar-refractivity contribution is 1.39. The van der Waals surface area contributed by atoms with Crippen molar-refractivity contribution in [3.8, 4) is 0 Å². The molecule has 0 spiro atoms. The summed E-state index contributed by atoms with van der Waals surface area (Å²) in [5.41, 5.74) is 4.46. The van der Waals surface area contributed by atoms with Crippen LogP contribution in [-0.2, 0) is 0 Å². The first-order chi connectivity index (χ1) is 6.66. The van der Waals surface area contributed by atoms with E-state index in [1.54, 1.807) is 0 Å². The van der Waals surface area contributed by atoms with E-state index in [0.29, 0.717) is 0 Å². The molecule has 0 bridgehead atoms. The zero-order chi connectivity index (χ0) is 10.1. The Labute approximate surface area is 83.6 Å². The van der Waals surface area contributed by atoms with Crippen LogP contribution < -0.4 is 5.32 Å². The molecule has 0 amide bonds. The summed E-state index contributed by atoms with van der Waals surface area (Å²) in [5.74, 6) is 0. The Morgan fingerprint density at radius 1 is 1.43 bits per heavy atom. The highest BCUT2D eigenvalue weighted by Crippen LogP contribution is 2.24. The molecule has 0 unspecified atom stereocenters. The quantitative estimate of drug-likeness (QED) is 0.739. The van der Waals surface area contributed by atoms with Gasteiger partial charge in [-0.3, -0.25) is 0 Å². The van der Waals surface area contributed by atoms with Gasteiger partial charge in [0.2, 0.25) is 0 Å². The van der Waals surface area contributed by atoms with E-state index in [4.69, 9.17) is 0 Å². The largest absolute Gasteiger partial charge is 0.359 e. The fraction of sp³-hybridized carbons (Fsp3) is 0.167. The minimum absolute atomic E-state index is 0.951. The SMILES string of the molecule is C=C(C)Nc1c[nH]c2ccc(C)cc12. The smallest absolute Gasteiger partial charge is 0.0639 e. The highest BCUT2D eigenvalue weighted by atomic mass is 14.9. The molecular formula is C12H14N2.